The van der Waals surface area contributed by atoms with Gasteiger partial charge in [-0.05, 0) is 31.7 Å². The van der Waals surface area contributed by atoms with Crippen molar-refractivity contribution in [2.45, 2.75) is 51.0 Å². The first-order valence-corrected chi connectivity index (χ1v) is 9.15. The lowest BCUT2D eigenvalue weighted by Gasteiger charge is -2.20. The molecule has 0 radical (unpaired) electrons. The Morgan fingerprint density at radius 2 is 1.96 bits per heavy atom. The highest BCUT2D eigenvalue weighted by atomic mass is 16.3. The van der Waals surface area contributed by atoms with Crippen LogP contribution in [-0.4, -0.2) is 52.1 Å². The number of carbonyl (C=O) groups excluding carboxylic acids is 1. The van der Waals surface area contributed by atoms with Crippen molar-refractivity contribution in [2.24, 2.45) is 5.92 Å². The molecule has 2 aliphatic rings. The second-order valence-electron chi connectivity index (χ2n) is 7.14. The van der Waals surface area contributed by atoms with Crippen molar-refractivity contribution in [1.82, 2.24) is 20.2 Å². The average molecular weight is 332 g/mol. The highest BCUT2D eigenvalue weighted by Crippen LogP contribution is 2.30. The summed E-state index contributed by atoms with van der Waals surface area (Å²) in [4.78, 5) is 22.7. The minimum atomic E-state index is -0.429. The van der Waals surface area contributed by atoms with Crippen LogP contribution in [0.15, 0.2) is 12.4 Å². The number of carbonyl (C=O) groups is 1. The topological polar surface area (TPSA) is 78.4 Å². The van der Waals surface area contributed by atoms with Crippen LogP contribution >= 0.6 is 0 Å². The number of hydrogen-bond acceptors (Lipinski definition) is 5. The molecule has 1 aliphatic carbocycles. The van der Waals surface area contributed by atoms with Crippen molar-refractivity contribution >= 4 is 5.91 Å². The fraction of sp³-hybridized carbons (Fsp3) is 0.722. The van der Waals surface area contributed by atoms with E-state index in [0.717, 1.165) is 37.4 Å². The van der Waals surface area contributed by atoms with E-state index in [1.165, 1.54) is 32.1 Å². The van der Waals surface area contributed by atoms with Crippen LogP contribution in [0.3, 0.4) is 0 Å². The van der Waals surface area contributed by atoms with E-state index in [2.05, 4.69) is 20.2 Å². The molecule has 24 heavy (non-hydrogen) atoms. The third kappa shape index (κ3) is 4.74. The number of amides is 1. The first kappa shape index (κ1) is 17.3. The Morgan fingerprint density at radius 3 is 2.67 bits per heavy atom. The van der Waals surface area contributed by atoms with E-state index in [4.69, 9.17) is 5.11 Å². The summed E-state index contributed by atoms with van der Waals surface area (Å²) in [6.07, 6.45) is 11.5. The summed E-state index contributed by atoms with van der Waals surface area (Å²) in [5.74, 6) is 1.74. The van der Waals surface area contributed by atoms with E-state index in [9.17, 15) is 4.79 Å². The number of aliphatic hydroxyl groups excluding tert-OH is 1. The Kier molecular flexibility index (Phi) is 6.15. The maximum Gasteiger partial charge on any atom is 0.245 e. The molecule has 132 valence electrons. The molecule has 6 nitrogen and oxygen atoms in total. The standard InChI is InChI=1S/C18H28N4O2/c23-13-17(24)19-8-14-6-7-22(11-14)12-15-9-20-18(21-10-15)16-4-2-1-3-5-16/h9-10,14,16,23H,1-8,11-13H2,(H,19,24). The van der Waals surface area contributed by atoms with Gasteiger partial charge in [0, 0.05) is 43.5 Å². The third-order valence-electron chi connectivity index (χ3n) is 5.20. The quantitative estimate of drug-likeness (QED) is 0.824. The van der Waals surface area contributed by atoms with Crippen LogP contribution in [0, 0.1) is 5.92 Å². The first-order valence-electron chi connectivity index (χ1n) is 9.15. The molecule has 2 N–H and O–H groups in total. The number of aliphatic hydroxyl groups is 1. The predicted molar refractivity (Wildman–Crippen MR) is 91.3 cm³/mol. The third-order valence-corrected chi connectivity index (χ3v) is 5.20. The molecule has 1 saturated heterocycles. The highest BCUT2D eigenvalue weighted by Gasteiger charge is 2.23. The van der Waals surface area contributed by atoms with E-state index >= 15 is 0 Å². The molecule has 1 aromatic rings. The van der Waals surface area contributed by atoms with Crippen LogP contribution < -0.4 is 5.32 Å². The van der Waals surface area contributed by atoms with Crippen LogP contribution in [-0.2, 0) is 11.3 Å². The van der Waals surface area contributed by atoms with Gasteiger partial charge in [-0.15, -0.1) is 0 Å². The number of nitrogens with zero attached hydrogens (tertiary/aromatic N) is 3. The van der Waals surface area contributed by atoms with Gasteiger partial charge in [-0.25, -0.2) is 9.97 Å². The summed E-state index contributed by atoms with van der Waals surface area (Å²) in [5.41, 5.74) is 1.16. The van der Waals surface area contributed by atoms with Gasteiger partial charge in [0.05, 0.1) is 0 Å². The Balaban J connectivity index is 1.45. The molecule has 0 aromatic carbocycles. The minimum absolute atomic E-state index is 0.292. The molecule has 1 aliphatic heterocycles. The first-order chi connectivity index (χ1) is 11.7. The Morgan fingerprint density at radius 1 is 1.21 bits per heavy atom. The number of aromatic nitrogens is 2. The predicted octanol–water partition coefficient (Wildman–Crippen LogP) is 1.45. The lowest BCUT2D eigenvalue weighted by Crippen LogP contribution is -2.32. The summed E-state index contributed by atoms with van der Waals surface area (Å²) in [7, 11) is 0. The number of nitrogens with one attached hydrogen (secondary N) is 1. The van der Waals surface area contributed by atoms with Gasteiger partial charge in [-0.3, -0.25) is 9.69 Å². The molecule has 1 amide bonds. The monoisotopic (exact) mass is 332 g/mol. The van der Waals surface area contributed by atoms with Crippen molar-refractivity contribution in [3.05, 3.63) is 23.8 Å². The molecular formula is C18H28N4O2. The zero-order valence-electron chi connectivity index (χ0n) is 14.3. The molecule has 1 atom stereocenters. The van der Waals surface area contributed by atoms with Gasteiger partial charge in [0.1, 0.15) is 12.4 Å². The van der Waals surface area contributed by atoms with Crippen LogP contribution in [0.2, 0.25) is 0 Å². The van der Waals surface area contributed by atoms with Gasteiger partial charge in [-0.2, -0.15) is 0 Å². The lowest BCUT2D eigenvalue weighted by atomic mass is 9.89. The van der Waals surface area contributed by atoms with E-state index in [-0.39, 0.29) is 5.91 Å². The van der Waals surface area contributed by atoms with Gasteiger partial charge >= 0.3 is 0 Å². The lowest BCUT2D eigenvalue weighted by molar-refractivity contribution is -0.123. The van der Waals surface area contributed by atoms with E-state index in [0.29, 0.717) is 18.4 Å². The van der Waals surface area contributed by atoms with Crippen molar-refractivity contribution < 1.29 is 9.90 Å². The van der Waals surface area contributed by atoms with Crippen LogP contribution in [0.5, 0.6) is 0 Å². The SMILES string of the molecule is O=C(CO)NCC1CCN(Cc2cnc(C3CCCCC3)nc2)C1. The smallest absolute Gasteiger partial charge is 0.245 e. The van der Waals surface area contributed by atoms with Gasteiger partial charge in [0.15, 0.2) is 0 Å². The maximum absolute atomic E-state index is 11.1. The van der Waals surface area contributed by atoms with E-state index in [1.807, 2.05) is 12.4 Å². The largest absolute Gasteiger partial charge is 0.387 e. The summed E-state index contributed by atoms with van der Waals surface area (Å²) in [6, 6.07) is 0. The van der Waals surface area contributed by atoms with Gasteiger partial charge in [0.25, 0.3) is 0 Å². The van der Waals surface area contributed by atoms with Crippen LogP contribution in [0.4, 0.5) is 0 Å². The number of likely N-dealkylation sites (tertiary alicyclic amines) is 1. The van der Waals surface area contributed by atoms with E-state index < -0.39 is 6.61 Å². The molecule has 1 unspecified atom stereocenters. The van der Waals surface area contributed by atoms with Crippen LogP contribution in [0.1, 0.15) is 55.8 Å². The molecule has 1 aromatic heterocycles. The fourth-order valence-electron chi connectivity index (χ4n) is 3.81. The Bertz CT molecular complexity index is 528. The van der Waals surface area contributed by atoms with Crippen molar-refractivity contribution in [2.75, 3.05) is 26.2 Å². The maximum atomic E-state index is 11.1. The fourth-order valence-corrected chi connectivity index (χ4v) is 3.81. The van der Waals surface area contributed by atoms with Gasteiger partial charge in [0.2, 0.25) is 5.91 Å². The zero-order chi connectivity index (χ0) is 16.8. The normalized spacial score (nSPS) is 22.6. The average Bonchev–Trinajstić information content (AvgIpc) is 3.08. The van der Waals surface area contributed by atoms with Gasteiger partial charge in [-0.1, -0.05) is 19.3 Å². The Hall–Kier alpha value is -1.53. The molecule has 2 heterocycles. The van der Waals surface area contributed by atoms with Crippen molar-refractivity contribution in [3.8, 4) is 0 Å². The summed E-state index contributed by atoms with van der Waals surface area (Å²) in [5, 5.41) is 11.5. The summed E-state index contributed by atoms with van der Waals surface area (Å²) < 4.78 is 0. The molecule has 3 rings (SSSR count). The number of rotatable bonds is 6. The molecule has 6 heteroatoms. The Labute approximate surface area is 143 Å². The summed E-state index contributed by atoms with van der Waals surface area (Å²) in [6.45, 7) is 3.09. The van der Waals surface area contributed by atoms with Crippen molar-refractivity contribution in [1.29, 1.82) is 0 Å². The summed E-state index contributed by atoms with van der Waals surface area (Å²) >= 11 is 0. The molecule has 1 saturated carbocycles. The van der Waals surface area contributed by atoms with Crippen LogP contribution in [0.25, 0.3) is 0 Å². The van der Waals surface area contributed by atoms with E-state index in [1.54, 1.807) is 0 Å². The van der Waals surface area contributed by atoms with Crippen molar-refractivity contribution in [3.63, 3.8) is 0 Å². The molecular weight excluding hydrogens is 304 g/mol. The highest BCUT2D eigenvalue weighted by molar-refractivity contribution is 5.76. The second-order valence-corrected chi connectivity index (χ2v) is 7.14. The molecule has 0 spiro atoms. The number of hydrogen-bond donors (Lipinski definition) is 2. The molecule has 2 fully saturated rings. The zero-order valence-corrected chi connectivity index (χ0v) is 14.3. The minimum Gasteiger partial charge on any atom is -0.387 e. The van der Waals surface area contributed by atoms with Gasteiger partial charge < -0.3 is 10.4 Å². The molecule has 0 bridgehead atoms. The second kappa shape index (κ2) is 8.53.